The Balaban J connectivity index is 0.000000640. The van der Waals surface area contributed by atoms with E-state index in [2.05, 4.69) is 15.9 Å². The fourth-order valence-corrected chi connectivity index (χ4v) is 0.737. The zero-order valence-corrected chi connectivity index (χ0v) is 8.64. The summed E-state index contributed by atoms with van der Waals surface area (Å²) in [7, 11) is 0. The van der Waals surface area contributed by atoms with Gasteiger partial charge in [0, 0.05) is 37.7 Å². The Morgan fingerprint density at radius 1 is 1.22 bits per heavy atom. The van der Waals surface area contributed by atoms with E-state index in [0.29, 0.717) is 0 Å². The number of aromatic hydroxyl groups is 1. The van der Waals surface area contributed by atoms with Crippen molar-refractivity contribution in [1.82, 2.24) is 0 Å². The maximum absolute atomic E-state index is 8.87. The average Bonchev–Trinajstić information content (AvgIpc) is 1.77. The molecule has 0 saturated heterocycles. The van der Waals surface area contributed by atoms with Gasteiger partial charge in [0.25, 0.3) is 0 Å². The smallest absolute Gasteiger partial charge is 0.129 e. The first-order valence-corrected chi connectivity index (χ1v) is 3.03. The van der Waals surface area contributed by atoms with Gasteiger partial charge in [-0.1, -0.05) is 12.1 Å². The molecule has 3 heteroatoms. The van der Waals surface area contributed by atoms with E-state index in [4.69, 9.17) is 5.11 Å². The Morgan fingerprint density at radius 3 is 2.11 bits per heavy atom. The van der Waals surface area contributed by atoms with Crippen molar-refractivity contribution in [3.63, 3.8) is 0 Å². The second kappa shape index (κ2) is 4.56. The third-order valence-electron chi connectivity index (χ3n) is 0.852. The Bertz CT molecular complexity index is 169. The van der Waals surface area contributed by atoms with E-state index in [0.717, 1.165) is 4.47 Å². The summed E-state index contributed by atoms with van der Waals surface area (Å²) in [5, 5.41) is 8.87. The van der Waals surface area contributed by atoms with Crippen molar-refractivity contribution in [2.45, 2.75) is 0 Å². The van der Waals surface area contributed by atoms with Crippen LogP contribution in [-0.4, -0.2) is 42.8 Å². The quantitative estimate of drug-likeness (QED) is 0.651. The molecule has 9 heavy (non-hydrogen) atoms. The molecule has 0 aliphatic carbocycles. The van der Waals surface area contributed by atoms with Crippen LogP contribution >= 0.6 is 15.9 Å². The molecule has 0 fully saturated rings. The Labute approximate surface area is 92.2 Å². The van der Waals surface area contributed by atoms with Crippen LogP contribution in [0.5, 0.6) is 5.75 Å². The summed E-state index contributed by atoms with van der Waals surface area (Å²) in [6.45, 7) is 0. The van der Waals surface area contributed by atoms with Crippen LogP contribution in [0.25, 0.3) is 0 Å². The van der Waals surface area contributed by atoms with Crippen LogP contribution in [0.4, 0.5) is 0 Å². The normalized spacial score (nSPS) is 8.11. The Morgan fingerprint density at radius 2 is 1.78 bits per heavy atom. The van der Waals surface area contributed by atoms with Crippen molar-refractivity contribution >= 4 is 53.7 Å². The molecule has 0 amide bonds. The summed E-state index contributed by atoms with van der Waals surface area (Å²) in [5.74, 6) is 0.285. The molecular formula is C6H5BrCaO. The molecule has 0 saturated carbocycles. The number of hydrogen-bond donors (Lipinski definition) is 1. The largest absolute Gasteiger partial charge is 0.507 e. The fourth-order valence-electron chi connectivity index (χ4n) is 0.452. The van der Waals surface area contributed by atoms with E-state index in [1.165, 1.54) is 0 Å². The second-order valence-corrected chi connectivity index (χ2v) is 2.31. The maximum atomic E-state index is 8.87. The number of phenolic OH excluding ortho intramolecular Hbond substituents is 1. The van der Waals surface area contributed by atoms with Gasteiger partial charge in [-0.05, 0) is 28.1 Å². The molecule has 0 atom stereocenters. The zero-order valence-electron chi connectivity index (χ0n) is 4.84. The van der Waals surface area contributed by atoms with Crippen LogP contribution in [0.3, 0.4) is 0 Å². The maximum Gasteiger partial charge on any atom is 0.129 e. The molecule has 0 heterocycles. The van der Waals surface area contributed by atoms with E-state index in [1.54, 1.807) is 18.2 Å². The third-order valence-corrected chi connectivity index (χ3v) is 1.52. The first kappa shape index (κ1) is 9.76. The molecule has 0 unspecified atom stereocenters. The van der Waals surface area contributed by atoms with Crippen LogP contribution < -0.4 is 0 Å². The van der Waals surface area contributed by atoms with Gasteiger partial charge in [0.05, 0.1) is 4.47 Å². The van der Waals surface area contributed by atoms with Gasteiger partial charge in [0.15, 0.2) is 0 Å². The van der Waals surface area contributed by atoms with Gasteiger partial charge in [-0.2, -0.15) is 0 Å². The van der Waals surface area contributed by atoms with Crippen molar-refractivity contribution in [1.29, 1.82) is 0 Å². The van der Waals surface area contributed by atoms with Gasteiger partial charge in [-0.15, -0.1) is 0 Å². The summed E-state index contributed by atoms with van der Waals surface area (Å²) >= 11 is 3.15. The van der Waals surface area contributed by atoms with E-state index in [-0.39, 0.29) is 43.5 Å². The zero-order chi connectivity index (χ0) is 5.98. The molecule has 0 spiro atoms. The minimum Gasteiger partial charge on any atom is -0.507 e. The molecule has 1 nitrogen and oxygen atoms in total. The number of hydrogen-bond acceptors (Lipinski definition) is 1. The van der Waals surface area contributed by atoms with Gasteiger partial charge >= 0.3 is 0 Å². The summed E-state index contributed by atoms with van der Waals surface area (Å²) in [6, 6.07) is 7.04. The molecule has 1 aromatic carbocycles. The second-order valence-electron chi connectivity index (χ2n) is 1.45. The Kier molecular flexibility index (Phi) is 4.94. The minimum absolute atomic E-state index is 0. The number of para-hydroxylation sites is 1. The van der Waals surface area contributed by atoms with Crippen molar-refractivity contribution in [3.8, 4) is 5.75 Å². The third kappa shape index (κ3) is 2.89. The Hall–Kier alpha value is 0.760. The topological polar surface area (TPSA) is 20.2 Å². The molecule has 1 aromatic rings. The number of phenols is 1. The van der Waals surface area contributed by atoms with Gasteiger partial charge in [0.1, 0.15) is 5.75 Å². The first-order chi connectivity index (χ1) is 3.80. The van der Waals surface area contributed by atoms with Crippen LogP contribution in [-0.2, 0) is 0 Å². The molecule has 1 N–H and O–H groups in total. The van der Waals surface area contributed by atoms with E-state index >= 15 is 0 Å². The first-order valence-electron chi connectivity index (χ1n) is 2.24. The van der Waals surface area contributed by atoms with Crippen LogP contribution in [0.2, 0.25) is 0 Å². The van der Waals surface area contributed by atoms with Crippen LogP contribution in [0.1, 0.15) is 0 Å². The molecule has 1 rings (SSSR count). The molecule has 44 valence electrons. The minimum atomic E-state index is 0. The summed E-state index contributed by atoms with van der Waals surface area (Å²) in [4.78, 5) is 0. The molecule has 0 bridgehead atoms. The molecular weight excluding hydrogens is 208 g/mol. The van der Waals surface area contributed by atoms with Crippen LogP contribution in [0, 0.1) is 0 Å². The van der Waals surface area contributed by atoms with Crippen molar-refractivity contribution in [3.05, 3.63) is 28.7 Å². The van der Waals surface area contributed by atoms with Gasteiger partial charge < -0.3 is 5.11 Å². The van der Waals surface area contributed by atoms with Crippen molar-refractivity contribution < 1.29 is 5.11 Å². The van der Waals surface area contributed by atoms with Gasteiger partial charge in [-0.3, -0.25) is 0 Å². The van der Waals surface area contributed by atoms with E-state index in [9.17, 15) is 0 Å². The van der Waals surface area contributed by atoms with Gasteiger partial charge in [0.2, 0.25) is 0 Å². The average molecular weight is 213 g/mol. The standard InChI is InChI=1S/C6H5BrO.Ca/c7-5-3-1-2-4-6(5)8;/h1-4,8H;. The summed E-state index contributed by atoms with van der Waals surface area (Å²) < 4.78 is 0.736. The number of rotatable bonds is 0. The molecule has 0 aliphatic rings. The van der Waals surface area contributed by atoms with Gasteiger partial charge in [-0.25, -0.2) is 0 Å². The van der Waals surface area contributed by atoms with Crippen molar-refractivity contribution in [2.24, 2.45) is 0 Å². The van der Waals surface area contributed by atoms with Crippen LogP contribution in [0.15, 0.2) is 28.7 Å². The fraction of sp³-hybridized carbons (Fsp3) is 0. The molecule has 0 aliphatic heterocycles. The predicted octanol–water partition coefficient (Wildman–Crippen LogP) is 1.77. The molecule has 2 radical (unpaired) electrons. The summed E-state index contributed by atoms with van der Waals surface area (Å²) in [5.41, 5.74) is 0. The monoisotopic (exact) mass is 212 g/mol. The predicted molar refractivity (Wildman–Crippen MR) is 41.6 cm³/mol. The number of halogens is 1. The van der Waals surface area contributed by atoms with E-state index < -0.39 is 0 Å². The number of benzene rings is 1. The van der Waals surface area contributed by atoms with E-state index in [1.807, 2.05) is 6.07 Å². The summed E-state index contributed by atoms with van der Waals surface area (Å²) in [6.07, 6.45) is 0. The van der Waals surface area contributed by atoms with Crippen molar-refractivity contribution in [2.75, 3.05) is 0 Å². The SMILES string of the molecule is Oc1ccccc1Br.[Ca]. The molecule has 0 aromatic heterocycles.